The van der Waals surface area contributed by atoms with Crippen molar-refractivity contribution in [1.29, 1.82) is 0 Å². The van der Waals surface area contributed by atoms with E-state index in [-0.39, 0.29) is 0 Å². The van der Waals surface area contributed by atoms with E-state index < -0.39 is 0 Å². The summed E-state index contributed by atoms with van der Waals surface area (Å²) >= 11 is 0. The van der Waals surface area contributed by atoms with Gasteiger partial charge in [-0.15, -0.1) is 0 Å². The van der Waals surface area contributed by atoms with Crippen LogP contribution in [0.3, 0.4) is 0 Å². The van der Waals surface area contributed by atoms with Crippen molar-refractivity contribution in [3.8, 4) is 5.75 Å². The summed E-state index contributed by atoms with van der Waals surface area (Å²) in [6.45, 7) is 0.662. The summed E-state index contributed by atoms with van der Waals surface area (Å²) in [6.07, 6.45) is 1.74. The van der Waals surface area contributed by atoms with Crippen molar-refractivity contribution in [2.24, 2.45) is 10.7 Å². The smallest absolute Gasteiger partial charge is 0.213 e. The van der Waals surface area contributed by atoms with Crippen LogP contribution in [0.25, 0.3) is 0 Å². The van der Waals surface area contributed by atoms with E-state index in [4.69, 9.17) is 10.5 Å². The van der Waals surface area contributed by atoms with Crippen molar-refractivity contribution in [2.75, 3.05) is 24.5 Å². The minimum Gasteiger partial charge on any atom is -0.497 e. The number of hydrogen-bond donors (Lipinski definition) is 3. The summed E-state index contributed by atoms with van der Waals surface area (Å²) in [5.74, 6) is 1.91. The van der Waals surface area contributed by atoms with Crippen LogP contribution in [-0.4, -0.2) is 25.1 Å². The molecule has 0 bridgehead atoms. The Morgan fingerprint density at radius 3 is 2.57 bits per heavy atom. The Balaban J connectivity index is 1.60. The van der Waals surface area contributed by atoms with Crippen LogP contribution >= 0.6 is 0 Å². The van der Waals surface area contributed by atoms with Gasteiger partial charge >= 0.3 is 0 Å². The largest absolute Gasteiger partial charge is 0.497 e. The highest BCUT2D eigenvalue weighted by Gasteiger charge is 2.04. The number of nitrogens with zero attached hydrogens (tertiary/aromatic N) is 3. The van der Waals surface area contributed by atoms with Crippen molar-refractivity contribution in [3.63, 3.8) is 0 Å². The molecule has 28 heavy (non-hydrogen) atoms. The van der Waals surface area contributed by atoms with Gasteiger partial charge in [0.2, 0.25) is 5.96 Å². The Morgan fingerprint density at radius 2 is 1.86 bits per heavy atom. The number of pyridine rings is 1. The molecule has 3 aromatic rings. The van der Waals surface area contributed by atoms with Crippen LogP contribution in [0.4, 0.5) is 17.2 Å². The second-order valence-corrected chi connectivity index (χ2v) is 6.10. The Hall–Kier alpha value is -3.74. The molecule has 0 radical (unpaired) electrons. The van der Waals surface area contributed by atoms with Gasteiger partial charge in [-0.2, -0.15) is 0 Å². The lowest BCUT2D eigenvalue weighted by molar-refractivity contribution is 0.414. The number of ether oxygens (including phenoxy) is 1. The number of nitrogens with one attached hydrogen (secondary N) is 2. The number of hydrogen-bond acceptors (Lipinski definition) is 5. The number of aliphatic imine (C=N–C) groups is 1. The topological polar surface area (TPSA) is 87.8 Å². The number of benzene rings is 2. The molecule has 1 heterocycles. The van der Waals surface area contributed by atoms with Crippen LogP contribution < -0.4 is 26.2 Å². The lowest BCUT2D eigenvalue weighted by Crippen LogP contribution is -2.43. The number of aromatic nitrogens is 1. The first kappa shape index (κ1) is 19.0. The van der Waals surface area contributed by atoms with Gasteiger partial charge in [-0.25, -0.2) is 9.98 Å². The molecule has 0 fully saturated rings. The first-order valence-corrected chi connectivity index (χ1v) is 8.86. The van der Waals surface area contributed by atoms with Crippen molar-refractivity contribution < 1.29 is 4.74 Å². The molecule has 0 saturated carbocycles. The average Bonchev–Trinajstić information content (AvgIpc) is 2.73. The highest BCUT2D eigenvalue weighted by Crippen LogP contribution is 2.17. The van der Waals surface area contributed by atoms with Gasteiger partial charge in [0.05, 0.1) is 18.5 Å². The van der Waals surface area contributed by atoms with E-state index in [0.29, 0.717) is 12.5 Å². The molecular weight excluding hydrogens is 352 g/mol. The molecule has 2 aromatic carbocycles. The molecule has 0 unspecified atom stereocenters. The lowest BCUT2D eigenvalue weighted by Gasteiger charge is -2.21. The normalized spacial score (nSPS) is 11.0. The van der Waals surface area contributed by atoms with Crippen molar-refractivity contribution >= 4 is 23.2 Å². The Morgan fingerprint density at radius 1 is 1.11 bits per heavy atom. The second-order valence-electron chi connectivity index (χ2n) is 6.10. The molecule has 7 heteroatoms. The zero-order valence-electron chi connectivity index (χ0n) is 16.0. The molecule has 0 aliphatic carbocycles. The van der Waals surface area contributed by atoms with Crippen LogP contribution in [-0.2, 0) is 6.54 Å². The van der Waals surface area contributed by atoms with E-state index in [0.717, 1.165) is 28.5 Å². The van der Waals surface area contributed by atoms with E-state index >= 15 is 0 Å². The zero-order chi connectivity index (χ0) is 19.8. The third kappa shape index (κ3) is 5.38. The Kier molecular flexibility index (Phi) is 6.30. The van der Waals surface area contributed by atoms with Crippen molar-refractivity contribution in [3.05, 3.63) is 78.5 Å². The summed E-state index contributed by atoms with van der Waals surface area (Å²) in [4.78, 5) is 8.70. The van der Waals surface area contributed by atoms with Gasteiger partial charge in [0.15, 0.2) is 0 Å². The number of para-hydroxylation sites is 1. The minimum atomic E-state index is 0.304. The van der Waals surface area contributed by atoms with Gasteiger partial charge < -0.3 is 15.8 Å². The number of methoxy groups -OCH3 is 1. The van der Waals surface area contributed by atoms with Crippen LogP contribution in [0, 0.1) is 0 Å². The fraction of sp³-hybridized carbons (Fsp3) is 0.143. The summed E-state index contributed by atoms with van der Waals surface area (Å²) < 4.78 is 5.18. The molecule has 7 nitrogen and oxygen atoms in total. The summed E-state index contributed by atoms with van der Waals surface area (Å²) in [6, 6.07) is 21.3. The van der Waals surface area contributed by atoms with Gasteiger partial charge in [-0.3, -0.25) is 10.4 Å². The highest BCUT2D eigenvalue weighted by atomic mass is 16.5. The number of guanidine groups is 1. The van der Waals surface area contributed by atoms with Gasteiger partial charge in [-0.05, 0) is 35.9 Å². The molecule has 0 saturated heterocycles. The monoisotopic (exact) mass is 376 g/mol. The first-order valence-electron chi connectivity index (χ1n) is 8.86. The average molecular weight is 376 g/mol. The maximum atomic E-state index is 6.00. The number of hydrazine groups is 1. The van der Waals surface area contributed by atoms with Crippen molar-refractivity contribution in [2.45, 2.75) is 6.54 Å². The molecule has 0 aliphatic rings. The fourth-order valence-electron chi connectivity index (χ4n) is 2.56. The molecule has 4 N–H and O–H groups in total. The lowest BCUT2D eigenvalue weighted by atomic mass is 10.2. The van der Waals surface area contributed by atoms with E-state index in [9.17, 15) is 0 Å². The Bertz CT molecular complexity index is 912. The third-order valence-electron chi connectivity index (χ3n) is 4.05. The maximum absolute atomic E-state index is 6.00. The number of rotatable bonds is 7. The van der Waals surface area contributed by atoms with E-state index in [1.54, 1.807) is 18.3 Å². The standard InChI is InChI=1S/C21H24N6O/c1-27(26-21(22)25-17-6-4-3-5-7-17)18-12-13-23-20(14-18)24-15-16-8-10-19(28-2)11-9-16/h3-14H,15H2,1-2H3,(H,23,24)(H3,22,25,26). The van der Waals surface area contributed by atoms with E-state index in [1.165, 1.54) is 0 Å². The summed E-state index contributed by atoms with van der Waals surface area (Å²) in [5.41, 5.74) is 11.9. The molecule has 0 aliphatic heterocycles. The fourth-order valence-corrected chi connectivity index (χ4v) is 2.56. The quantitative estimate of drug-likeness (QED) is 0.333. The van der Waals surface area contributed by atoms with Crippen LogP contribution in [0.15, 0.2) is 77.9 Å². The molecule has 0 spiro atoms. The first-order chi connectivity index (χ1) is 13.6. The van der Waals surface area contributed by atoms with E-state index in [1.807, 2.05) is 73.8 Å². The second kappa shape index (κ2) is 9.27. The van der Waals surface area contributed by atoms with Crippen LogP contribution in [0.1, 0.15) is 5.56 Å². The molecule has 0 amide bonds. The SMILES string of the molecule is COc1ccc(CNc2cc(N(C)NC(N)=Nc3ccccc3)ccn2)cc1. The van der Waals surface area contributed by atoms with E-state index in [2.05, 4.69) is 20.7 Å². The van der Waals surface area contributed by atoms with Crippen LogP contribution in [0.5, 0.6) is 5.75 Å². The molecule has 144 valence electrons. The van der Waals surface area contributed by atoms with Gasteiger partial charge in [0.25, 0.3) is 0 Å². The molecule has 3 rings (SSSR count). The third-order valence-corrected chi connectivity index (χ3v) is 4.05. The summed E-state index contributed by atoms with van der Waals surface area (Å²) in [7, 11) is 3.53. The van der Waals surface area contributed by atoms with Gasteiger partial charge in [0, 0.05) is 25.9 Å². The number of nitrogens with two attached hydrogens (primary N) is 1. The zero-order valence-corrected chi connectivity index (χ0v) is 16.0. The maximum Gasteiger partial charge on any atom is 0.213 e. The predicted molar refractivity (Wildman–Crippen MR) is 114 cm³/mol. The molecule has 0 atom stereocenters. The minimum absolute atomic E-state index is 0.304. The number of anilines is 2. The van der Waals surface area contributed by atoms with Gasteiger partial charge in [0.1, 0.15) is 11.6 Å². The Labute approximate surface area is 164 Å². The highest BCUT2D eigenvalue weighted by molar-refractivity contribution is 5.82. The summed E-state index contributed by atoms with van der Waals surface area (Å²) in [5, 5.41) is 5.11. The van der Waals surface area contributed by atoms with Crippen LogP contribution in [0.2, 0.25) is 0 Å². The van der Waals surface area contributed by atoms with Crippen molar-refractivity contribution in [1.82, 2.24) is 10.4 Å². The van der Waals surface area contributed by atoms with Gasteiger partial charge in [-0.1, -0.05) is 30.3 Å². The molecule has 1 aromatic heterocycles. The molecular formula is C21H24N6O. The predicted octanol–water partition coefficient (Wildman–Crippen LogP) is 3.29.